The van der Waals surface area contributed by atoms with Crippen LogP contribution in [-0.4, -0.2) is 32.8 Å². The lowest BCUT2D eigenvalue weighted by atomic mass is 10.1. The number of carbonyl (C=O) groups is 2. The minimum absolute atomic E-state index is 0.0247. The fourth-order valence-corrected chi connectivity index (χ4v) is 5.46. The van der Waals surface area contributed by atoms with Gasteiger partial charge in [0, 0.05) is 12.0 Å². The average molecular weight is 323 g/mol. The highest BCUT2D eigenvalue weighted by Gasteiger charge is 2.35. The highest BCUT2D eigenvalue weighted by molar-refractivity contribution is 6.73. The molecule has 0 bridgehead atoms. The molecule has 0 saturated heterocycles. The summed E-state index contributed by atoms with van der Waals surface area (Å²) in [6, 6.07) is 5.00. The lowest BCUT2D eigenvalue weighted by Gasteiger charge is -2.30. The zero-order valence-corrected chi connectivity index (χ0v) is 14.7. The second-order valence-electron chi connectivity index (χ2n) is 5.52. The van der Waals surface area contributed by atoms with E-state index in [1.165, 1.54) is 0 Å². The van der Waals surface area contributed by atoms with E-state index < -0.39 is 14.3 Å². The molecule has 0 spiro atoms. The summed E-state index contributed by atoms with van der Waals surface area (Å²) in [6.45, 7) is 6.52. The van der Waals surface area contributed by atoms with E-state index in [0.717, 1.165) is 18.1 Å². The summed E-state index contributed by atoms with van der Waals surface area (Å²) in [7, 11) is -1.76. The summed E-state index contributed by atoms with van der Waals surface area (Å²) in [5.41, 5.74) is 0.484. The van der Waals surface area contributed by atoms with Crippen molar-refractivity contribution in [2.45, 2.75) is 64.3 Å². The summed E-state index contributed by atoms with van der Waals surface area (Å²) < 4.78 is 11.2. The van der Waals surface area contributed by atoms with Gasteiger partial charge in [0.1, 0.15) is 6.61 Å². The molecule has 0 aromatic heterocycles. The standard InChI is InChI=1S/C16H25NO4Si/c1-4-22(5-2,6-3)21-14-10-13(15(18)12-14)11-16(19)20-9-7-8-17/h10,14H,4-7,9,11-12H2,1-3H3/t14-/m0/s1. The van der Waals surface area contributed by atoms with Crippen LogP contribution in [0.15, 0.2) is 11.6 Å². The molecule has 22 heavy (non-hydrogen) atoms. The number of ketones is 1. The van der Waals surface area contributed by atoms with Gasteiger partial charge in [-0.1, -0.05) is 20.8 Å². The molecule has 6 heteroatoms. The summed E-state index contributed by atoms with van der Waals surface area (Å²) in [5.74, 6) is -0.492. The molecule has 5 nitrogen and oxygen atoms in total. The van der Waals surface area contributed by atoms with Crippen molar-refractivity contribution in [3.63, 3.8) is 0 Å². The third kappa shape index (κ3) is 5.07. The quantitative estimate of drug-likeness (QED) is 0.370. The maximum Gasteiger partial charge on any atom is 0.310 e. The molecule has 0 saturated carbocycles. The topological polar surface area (TPSA) is 76.4 Å². The van der Waals surface area contributed by atoms with Crippen LogP contribution in [0.3, 0.4) is 0 Å². The van der Waals surface area contributed by atoms with Crippen molar-refractivity contribution < 1.29 is 18.8 Å². The minimum atomic E-state index is -1.76. The molecular formula is C16H25NO4Si. The number of rotatable bonds is 9. The molecule has 0 unspecified atom stereocenters. The highest BCUT2D eigenvalue weighted by atomic mass is 28.4. The number of carbonyl (C=O) groups excluding carboxylic acids is 2. The zero-order chi connectivity index (χ0) is 16.6. The Bertz CT molecular complexity index is 469. The summed E-state index contributed by atoms with van der Waals surface area (Å²) in [6.07, 6.45) is 2.07. The van der Waals surface area contributed by atoms with E-state index in [9.17, 15) is 9.59 Å². The molecule has 1 rings (SSSR count). The number of ether oxygens (including phenoxy) is 1. The number of esters is 1. The van der Waals surface area contributed by atoms with E-state index in [0.29, 0.717) is 12.0 Å². The molecule has 1 atom stereocenters. The molecule has 0 radical (unpaired) electrons. The Balaban J connectivity index is 2.61. The first-order valence-corrected chi connectivity index (χ1v) is 10.5. The molecule has 0 aliphatic heterocycles. The van der Waals surface area contributed by atoms with E-state index in [1.54, 1.807) is 6.08 Å². The first-order valence-electron chi connectivity index (χ1n) is 7.94. The SMILES string of the molecule is CC[Si](CC)(CC)O[C@H]1C=C(CC(=O)OCCC#N)C(=O)C1. The van der Waals surface area contributed by atoms with E-state index in [-0.39, 0.29) is 31.3 Å². The second-order valence-corrected chi connectivity index (χ2v) is 10.2. The fourth-order valence-electron chi connectivity index (χ4n) is 2.66. The molecule has 1 aliphatic rings. The lowest BCUT2D eigenvalue weighted by molar-refractivity contribution is -0.143. The molecule has 0 aromatic rings. The largest absolute Gasteiger partial charge is 0.464 e. The van der Waals surface area contributed by atoms with E-state index in [2.05, 4.69) is 20.8 Å². The lowest BCUT2D eigenvalue weighted by Crippen LogP contribution is -2.39. The van der Waals surface area contributed by atoms with Gasteiger partial charge in [-0.25, -0.2) is 0 Å². The third-order valence-electron chi connectivity index (χ3n) is 4.28. The van der Waals surface area contributed by atoms with Gasteiger partial charge in [-0.3, -0.25) is 9.59 Å². The summed E-state index contributed by atoms with van der Waals surface area (Å²) >= 11 is 0. The van der Waals surface area contributed by atoms with Gasteiger partial charge in [0.25, 0.3) is 0 Å². The van der Waals surface area contributed by atoms with E-state index >= 15 is 0 Å². The normalized spacial score (nSPS) is 18.0. The third-order valence-corrected chi connectivity index (χ3v) is 8.95. The van der Waals surface area contributed by atoms with Crippen LogP contribution in [0.25, 0.3) is 0 Å². The van der Waals surface area contributed by atoms with Crippen molar-refractivity contribution in [1.29, 1.82) is 5.26 Å². The molecule has 122 valence electrons. The van der Waals surface area contributed by atoms with Crippen molar-refractivity contribution in [1.82, 2.24) is 0 Å². The zero-order valence-electron chi connectivity index (χ0n) is 13.7. The van der Waals surface area contributed by atoms with Crippen LogP contribution < -0.4 is 0 Å². The summed E-state index contributed by atoms with van der Waals surface area (Å²) in [5, 5.41) is 8.40. The van der Waals surface area contributed by atoms with Gasteiger partial charge >= 0.3 is 5.97 Å². The van der Waals surface area contributed by atoms with Crippen LogP contribution in [0.1, 0.15) is 40.0 Å². The maximum atomic E-state index is 12.0. The Morgan fingerprint density at radius 1 is 1.36 bits per heavy atom. The first kappa shape index (κ1) is 18.6. The predicted molar refractivity (Wildman–Crippen MR) is 85.6 cm³/mol. The van der Waals surface area contributed by atoms with Crippen LogP contribution in [-0.2, 0) is 18.8 Å². The smallest absolute Gasteiger partial charge is 0.310 e. The Kier molecular flexibility index (Phi) is 7.49. The van der Waals surface area contributed by atoms with Crippen LogP contribution in [0.5, 0.6) is 0 Å². The van der Waals surface area contributed by atoms with Crippen molar-refractivity contribution in [3.8, 4) is 6.07 Å². The number of Topliss-reactive ketones (excluding diaryl/α,β-unsaturated/α-hetero) is 1. The van der Waals surface area contributed by atoms with Gasteiger partial charge in [-0.2, -0.15) is 5.26 Å². The molecule has 0 heterocycles. The van der Waals surface area contributed by atoms with E-state index in [1.807, 2.05) is 6.07 Å². The summed E-state index contributed by atoms with van der Waals surface area (Å²) in [4.78, 5) is 23.6. The fraction of sp³-hybridized carbons (Fsp3) is 0.688. The number of nitrogens with zero attached hydrogens (tertiary/aromatic N) is 1. The molecular weight excluding hydrogens is 298 g/mol. The molecule has 1 aliphatic carbocycles. The van der Waals surface area contributed by atoms with Gasteiger partial charge in [-0.05, 0) is 24.2 Å². The number of nitriles is 1. The van der Waals surface area contributed by atoms with Gasteiger partial charge in [-0.15, -0.1) is 0 Å². The van der Waals surface area contributed by atoms with Gasteiger partial charge < -0.3 is 9.16 Å². The van der Waals surface area contributed by atoms with Gasteiger partial charge in [0.2, 0.25) is 0 Å². The highest BCUT2D eigenvalue weighted by Crippen LogP contribution is 2.29. The van der Waals surface area contributed by atoms with Crippen molar-refractivity contribution >= 4 is 20.1 Å². The first-order chi connectivity index (χ1) is 10.5. The molecule has 0 N–H and O–H groups in total. The average Bonchev–Trinajstić information content (AvgIpc) is 2.84. The Morgan fingerprint density at radius 2 is 2.00 bits per heavy atom. The van der Waals surface area contributed by atoms with Crippen molar-refractivity contribution in [2.24, 2.45) is 0 Å². The van der Waals surface area contributed by atoms with Gasteiger partial charge in [0.05, 0.1) is 25.0 Å². The van der Waals surface area contributed by atoms with Crippen LogP contribution in [0.4, 0.5) is 0 Å². The molecule has 0 amide bonds. The minimum Gasteiger partial charge on any atom is -0.464 e. The number of hydrogen-bond acceptors (Lipinski definition) is 5. The van der Waals surface area contributed by atoms with Crippen LogP contribution in [0.2, 0.25) is 18.1 Å². The second kappa shape index (κ2) is 8.86. The van der Waals surface area contributed by atoms with Gasteiger partial charge in [0.15, 0.2) is 14.1 Å². The van der Waals surface area contributed by atoms with Crippen molar-refractivity contribution in [2.75, 3.05) is 6.61 Å². The van der Waals surface area contributed by atoms with Crippen LogP contribution >= 0.6 is 0 Å². The predicted octanol–water partition coefficient (Wildman–Crippen LogP) is 3.12. The Morgan fingerprint density at radius 3 is 2.55 bits per heavy atom. The molecule has 0 fully saturated rings. The van der Waals surface area contributed by atoms with E-state index in [4.69, 9.17) is 14.4 Å². The van der Waals surface area contributed by atoms with Crippen molar-refractivity contribution in [3.05, 3.63) is 11.6 Å². The monoisotopic (exact) mass is 323 g/mol. The number of hydrogen-bond donors (Lipinski definition) is 0. The molecule has 0 aromatic carbocycles. The maximum absolute atomic E-state index is 12.0. The Labute approximate surface area is 133 Å². The Hall–Kier alpha value is -1.45. The van der Waals surface area contributed by atoms with Crippen LogP contribution in [0, 0.1) is 11.3 Å².